The van der Waals surface area contributed by atoms with Gasteiger partial charge in [-0.3, -0.25) is 9.97 Å². The summed E-state index contributed by atoms with van der Waals surface area (Å²) in [5.74, 6) is 3.55. The molecule has 0 N–H and O–H groups in total. The van der Waals surface area contributed by atoms with Crippen molar-refractivity contribution in [3.8, 4) is 113 Å². The van der Waals surface area contributed by atoms with Gasteiger partial charge in [-0.25, -0.2) is 29.9 Å². The molecule has 0 fully saturated rings. The minimum Gasteiger partial charge on any atom is -0.264 e. The normalized spacial score (nSPS) is 11.1. The summed E-state index contributed by atoms with van der Waals surface area (Å²) < 4.78 is 0. The van der Waals surface area contributed by atoms with Gasteiger partial charge < -0.3 is 0 Å². The molecule has 4 heterocycles. The molecule has 0 bridgehead atoms. The van der Waals surface area contributed by atoms with E-state index in [-0.39, 0.29) is 0 Å². The summed E-state index contributed by atoms with van der Waals surface area (Å²) in [6, 6.07) is 71.8. The van der Waals surface area contributed by atoms with E-state index in [2.05, 4.69) is 102 Å². The summed E-state index contributed by atoms with van der Waals surface area (Å²) in [4.78, 5) is 39.8. The summed E-state index contributed by atoms with van der Waals surface area (Å²) in [5, 5.41) is 0. The number of benzene rings is 7. The maximum Gasteiger partial charge on any atom is 0.164 e. The largest absolute Gasteiger partial charge is 0.264 e. The zero-order valence-electron chi connectivity index (χ0n) is 36.4. The van der Waals surface area contributed by atoms with Crippen LogP contribution in [0.3, 0.4) is 0 Å². The number of aromatic nitrogens is 8. The van der Waals surface area contributed by atoms with Crippen molar-refractivity contribution in [3.63, 3.8) is 0 Å². The summed E-state index contributed by atoms with van der Waals surface area (Å²) >= 11 is 0. The number of rotatable bonds is 10. The summed E-state index contributed by atoms with van der Waals surface area (Å²) in [7, 11) is 0. The summed E-state index contributed by atoms with van der Waals surface area (Å²) in [6.45, 7) is 2.03. The average Bonchev–Trinajstić information content (AvgIpc) is 3.41. The van der Waals surface area contributed by atoms with E-state index in [4.69, 9.17) is 34.9 Å². The van der Waals surface area contributed by atoms with Gasteiger partial charge in [0, 0.05) is 62.6 Å². The highest BCUT2D eigenvalue weighted by Gasteiger charge is 2.20. The molecule has 0 saturated carbocycles. The molecule has 316 valence electrons. The van der Waals surface area contributed by atoms with Crippen LogP contribution in [0.4, 0.5) is 0 Å². The van der Waals surface area contributed by atoms with Gasteiger partial charge in [-0.15, -0.1) is 0 Å². The fourth-order valence-corrected chi connectivity index (χ4v) is 8.30. The quantitative estimate of drug-likeness (QED) is 0.134. The van der Waals surface area contributed by atoms with E-state index in [1.807, 2.05) is 128 Å². The van der Waals surface area contributed by atoms with E-state index in [1.54, 1.807) is 6.20 Å². The van der Waals surface area contributed by atoms with Gasteiger partial charge >= 0.3 is 0 Å². The van der Waals surface area contributed by atoms with Gasteiger partial charge in [0.2, 0.25) is 0 Å². The Hall–Kier alpha value is -9.14. The maximum atomic E-state index is 5.15. The predicted molar refractivity (Wildman–Crippen MR) is 268 cm³/mol. The molecule has 0 aliphatic carbocycles. The lowest BCUT2D eigenvalue weighted by molar-refractivity contribution is 1.07. The van der Waals surface area contributed by atoms with E-state index < -0.39 is 0 Å². The first-order valence-electron chi connectivity index (χ1n) is 22.1. The van der Waals surface area contributed by atoms with Gasteiger partial charge in [0.25, 0.3) is 0 Å². The molecule has 0 spiro atoms. The maximum absolute atomic E-state index is 5.15. The summed E-state index contributed by atoms with van der Waals surface area (Å²) in [5.41, 5.74) is 14.2. The highest BCUT2D eigenvalue weighted by atomic mass is 15.0. The molecule has 11 aromatic rings. The van der Waals surface area contributed by atoms with Crippen LogP contribution in [0.1, 0.15) is 5.69 Å². The van der Waals surface area contributed by atoms with Gasteiger partial charge in [-0.05, 0) is 71.1 Å². The van der Waals surface area contributed by atoms with Crippen LogP contribution in [0, 0.1) is 6.92 Å². The molecular formula is C59H40N8. The molecule has 0 atom stereocenters. The first-order valence-corrected chi connectivity index (χ1v) is 22.1. The van der Waals surface area contributed by atoms with E-state index in [9.17, 15) is 0 Å². The monoisotopic (exact) mass is 860 g/mol. The smallest absolute Gasteiger partial charge is 0.164 e. The van der Waals surface area contributed by atoms with Gasteiger partial charge in [0.1, 0.15) is 0 Å². The zero-order chi connectivity index (χ0) is 44.9. The van der Waals surface area contributed by atoms with E-state index in [0.29, 0.717) is 34.9 Å². The van der Waals surface area contributed by atoms with Crippen molar-refractivity contribution in [2.24, 2.45) is 0 Å². The van der Waals surface area contributed by atoms with Gasteiger partial charge in [-0.1, -0.05) is 176 Å². The second kappa shape index (κ2) is 18.2. The molecule has 0 unspecified atom stereocenters. The molecule has 7 aromatic carbocycles. The Morgan fingerprint density at radius 1 is 0.269 bits per heavy atom. The number of hydrogen-bond donors (Lipinski definition) is 0. The van der Waals surface area contributed by atoms with Crippen LogP contribution >= 0.6 is 0 Å². The molecule has 8 nitrogen and oxygen atoms in total. The lowest BCUT2D eigenvalue weighted by Gasteiger charge is -2.17. The molecule has 0 aliphatic heterocycles. The van der Waals surface area contributed by atoms with E-state index in [1.165, 1.54) is 0 Å². The van der Waals surface area contributed by atoms with Crippen LogP contribution in [0.5, 0.6) is 0 Å². The highest BCUT2D eigenvalue weighted by molar-refractivity contribution is 5.94. The van der Waals surface area contributed by atoms with Crippen molar-refractivity contribution in [3.05, 3.63) is 230 Å². The lowest BCUT2D eigenvalue weighted by Crippen LogP contribution is -2.01. The lowest BCUT2D eigenvalue weighted by atomic mass is 9.88. The number of nitrogens with zero attached hydrogens (tertiary/aromatic N) is 8. The van der Waals surface area contributed by atoms with E-state index in [0.717, 1.165) is 83.7 Å². The topological polar surface area (TPSA) is 103 Å². The highest BCUT2D eigenvalue weighted by Crippen LogP contribution is 2.41. The van der Waals surface area contributed by atoms with Crippen LogP contribution in [-0.4, -0.2) is 39.9 Å². The third kappa shape index (κ3) is 8.62. The molecule has 67 heavy (non-hydrogen) atoms. The third-order valence-electron chi connectivity index (χ3n) is 11.6. The fraction of sp³-hybridized carbons (Fsp3) is 0.0169. The first kappa shape index (κ1) is 40.6. The second-order valence-electron chi connectivity index (χ2n) is 16.1. The van der Waals surface area contributed by atoms with Gasteiger partial charge in [0.15, 0.2) is 34.9 Å². The standard InChI is InChI=1S/C59H40N8/c1-39-17-11-33-52(61-39)53-50(44-25-13-28-47(36-44)58-63-54(40-18-5-2-6-19-40)62-55(64-58)41-20-7-3-8-21-41)31-15-32-51(53)45-26-14-29-48(37-45)59-66-56(42-22-9-4-10-23-42)65-57(67-59)46-27-12-24-43(35-46)49-30-16-34-60-38-49/h2-38H,1H3. The van der Waals surface area contributed by atoms with Crippen molar-refractivity contribution >= 4 is 0 Å². The molecule has 4 aromatic heterocycles. The molecule has 11 rings (SSSR count). The molecule has 0 amide bonds. The predicted octanol–water partition coefficient (Wildman–Crippen LogP) is 13.8. The van der Waals surface area contributed by atoms with Gasteiger partial charge in [0.05, 0.1) is 5.69 Å². The first-order chi connectivity index (χ1) is 33.1. The van der Waals surface area contributed by atoms with Crippen LogP contribution < -0.4 is 0 Å². The van der Waals surface area contributed by atoms with Gasteiger partial charge in [-0.2, -0.15) is 0 Å². The molecule has 8 heteroatoms. The Morgan fingerprint density at radius 3 is 1.06 bits per heavy atom. The molecule has 0 saturated heterocycles. The zero-order valence-corrected chi connectivity index (χ0v) is 36.4. The minimum absolute atomic E-state index is 0.568. The van der Waals surface area contributed by atoms with Crippen molar-refractivity contribution in [1.82, 2.24) is 39.9 Å². The molecular weight excluding hydrogens is 821 g/mol. The minimum atomic E-state index is 0.568. The average molecular weight is 861 g/mol. The second-order valence-corrected chi connectivity index (χ2v) is 16.1. The van der Waals surface area contributed by atoms with E-state index >= 15 is 0 Å². The third-order valence-corrected chi connectivity index (χ3v) is 11.6. The SMILES string of the molecule is Cc1cccc(-c2c(-c3cccc(-c4nc(-c5ccccc5)nc(-c5ccccc5)n4)c3)cccc2-c2cccc(-c3nc(-c4ccccc4)nc(-c4cccc(-c5cccnc5)c4)n3)c2)n1. The Balaban J connectivity index is 1.04. The number of aryl methyl sites for hydroxylation is 1. The van der Waals surface area contributed by atoms with Crippen molar-refractivity contribution < 1.29 is 0 Å². The van der Waals surface area contributed by atoms with Crippen molar-refractivity contribution in [2.75, 3.05) is 0 Å². The van der Waals surface area contributed by atoms with Crippen molar-refractivity contribution in [1.29, 1.82) is 0 Å². The van der Waals surface area contributed by atoms with Crippen LogP contribution in [-0.2, 0) is 0 Å². The molecule has 0 radical (unpaired) electrons. The Kier molecular flexibility index (Phi) is 11.0. The Bertz CT molecular complexity index is 3470. The Morgan fingerprint density at radius 2 is 0.627 bits per heavy atom. The summed E-state index contributed by atoms with van der Waals surface area (Å²) in [6.07, 6.45) is 3.64. The van der Waals surface area contributed by atoms with Crippen molar-refractivity contribution in [2.45, 2.75) is 6.92 Å². The fourth-order valence-electron chi connectivity index (χ4n) is 8.30. The molecule has 0 aliphatic rings. The number of pyridine rings is 2. The van der Waals surface area contributed by atoms with Crippen LogP contribution in [0.2, 0.25) is 0 Å². The number of hydrogen-bond acceptors (Lipinski definition) is 8. The van der Waals surface area contributed by atoms with Crippen LogP contribution in [0.15, 0.2) is 225 Å². The van der Waals surface area contributed by atoms with Crippen LogP contribution in [0.25, 0.3) is 113 Å². The Labute approximate surface area is 388 Å².